The largest absolute Gasteiger partial charge is 0.457 e. The number of ether oxygens (including phenoxy) is 1. The number of carbonyl (C=O) groups excluding carboxylic acids is 3. The standard InChI is InChI=1S/C24H19ClF3N5O4/c1-2-3-21(34)32-33-22(35)20-13-17(10-11-29-20)37-16-7-4-14(5-8-16)30-23(36)31-15-6-9-19(25)18(12-15)24(26,27)28/h2-13H,1H3,(H,32,34)(H,33,35)(H2,30,31,36)/b3-2+. The number of carbonyl (C=O) groups is 3. The minimum absolute atomic E-state index is 0.0101. The van der Waals surface area contributed by atoms with E-state index in [0.717, 1.165) is 12.1 Å². The van der Waals surface area contributed by atoms with Gasteiger partial charge in [-0.1, -0.05) is 17.7 Å². The molecule has 0 atom stereocenters. The number of hydrogen-bond acceptors (Lipinski definition) is 5. The fourth-order valence-corrected chi connectivity index (χ4v) is 3.06. The minimum Gasteiger partial charge on any atom is -0.457 e. The van der Waals surface area contributed by atoms with Crippen LogP contribution in [0.5, 0.6) is 11.5 Å². The van der Waals surface area contributed by atoms with E-state index in [0.29, 0.717) is 11.4 Å². The number of aromatic nitrogens is 1. The van der Waals surface area contributed by atoms with Crippen molar-refractivity contribution in [3.05, 3.63) is 89.2 Å². The molecular weight excluding hydrogens is 515 g/mol. The number of hydrogen-bond donors (Lipinski definition) is 4. The van der Waals surface area contributed by atoms with Gasteiger partial charge in [0.15, 0.2) is 0 Å². The molecule has 0 bridgehead atoms. The number of halogens is 4. The Balaban J connectivity index is 1.58. The Hall–Kier alpha value is -4.58. The van der Waals surface area contributed by atoms with E-state index in [9.17, 15) is 27.6 Å². The predicted octanol–water partition coefficient (Wildman–Crippen LogP) is 5.53. The molecule has 1 heterocycles. The molecule has 3 aromatic rings. The summed E-state index contributed by atoms with van der Waals surface area (Å²) < 4.78 is 44.7. The van der Waals surface area contributed by atoms with Crippen LogP contribution in [0.1, 0.15) is 23.0 Å². The van der Waals surface area contributed by atoms with E-state index in [1.54, 1.807) is 6.92 Å². The molecule has 2 aromatic carbocycles. The Labute approximate surface area is 213 Å². The highest BCUT2D eigenvalue weighted by molar-refractivity contribution is 6.31. The second-order valence-electron chi connectivity index (χ2n) is 7.22. The van der Waals surface area contributed by atoms with E-state index >= 15 is 0 Å². The molecule has 0 aliphatic carbocycles. The van der Waals surface area contributed by atoms with Crippen molar-refractivity contribution >= 4 is 40.8 Å². The maximum atomic E-state index is 13.0. The molecular formula is C24H19ClF3N5O4. The Morgan fingerprint density at radius 2 is 1.59 bits per heavy atom. The van der Waals surface area contributed by atoms with E-state index in [1.807, 2.05) is 0 Å². The van der Waals surface area contributed by atoms with Crippen LogP contribution in [-0.4, -0.2) is 22.8 Å². The van der Waals surface area contributed by atoms with Gasteiger partial charge in [0.05, 0.1) is 10.6 Å². The van der Waals surface area contributed by atoms with Crippen molar-refractivity contribution in [1.29, 1.82) is 0 Å². The normalized spacial score (nSPS) is 11.1. The van der Waals surface area contributed by atoms with Gasteiger partial charge in [-0.15, -0.1) is 0 Å². The monoisotopic (exact) mass is 533 g/mol. The van der Waals surface area contributed by atoms with Crippen LogP contribution < -0.4 is 26.2 Å². The third-order valence-electron chi connectivity index (χ3n) is 4.46. The van der Waals surface area contributed by atoms with Crippen molar-refractivity contribution in [2.75, 3.05) is 10.6 Å². The van der Waals surface area contributed by atoms with Gasteiger partial charge in [0.2, 0.25) is 0 Å². The summed E-state index contributed by atoms with van der Waals surface area (Å²) in [5.41, 5.74) is 3.58. The van der Waals surface area contributed by atoms with Crippen LogP contribution in [0.2, 0.25) is 5.02 Å². The number of pyridine rings is 1. The van der Waals surface area contributed by atoms with E-state index in [2.05, 4.69) is 26.5 Å². The maximum Gasteiger partial charge on any atom is 0.417 e. The zero-order chi connectivity index (χ0) is 27.0. The van der Waals surface area contributed by atoms with Crippen molar-refractivity contribution in [3.63, 3.8) is 0 Å². The summed E-state index contributed by atoms with van der Waals surface area (Å²) >= 11 is 5.58. The molecule has 0 radical (unpaired) electrons. The number of urea groups is 1. The van der Waals surface area contributed by atoms with Crippen molar-refractivity contribution in [2.24, 2.45) is 0 Å². The topological polar surface area (TPSA) is 121 Å². The zero-order valence-corrected chi connectivity index (χ0v) is 19.8. The van der Waals surface area contributed by atoms with E-state index in [1.165, 1.54) is 60.8 Å². The number of rotatable bonds is 6. The molecule has 0 fully saturated rings. The first-order valence-electron chi connectivity index (χ1n) is 10.5. The SMILES string of the molecule is C/C=C/C(=O)NNC(=O)c1cc(Oc2ccc(NC(=O)Nc3ccc(Cl)c(C(F)(F)F)c3)cc2)ccn1. The Morgan fingerprint density at radius 1 is 0.919 bits per heavy atom. The zero-order valence-electron chi connectivity index (χ0n) is 19.0. The lowest BCUT2D eigenvalue weighted by molar-refractivity contribution is -0.137. The third-order valence-corrected chi connectivity index (χ3v) is 4.79. The molecule has 4 N–H and O–H groups in total. The molecule has 3 rings (SSSR count). The first kappa shape index (κ1) is 27.0. The van der Waals surface area contributed by atoms with Gasteiger partial charge in [-0.3, -0.25) is 25.4 Å². The first-order valence-corrected chi connectivity index (χ1v) is 10.8. The quantitative estimate of drug-likeness (QED) is 0.245. The second-order valence-corrected chi connectivity index (χ2v) is 7.63. The molecule has 37 heavy (non-hydrogen) atoms. The number of alkyl halides is 3. The van der Waals surface area contributed by atoms with Crippen LogP contribution in [0.15, 0.2) is 72.9 Å². The van der Waals surface area contributed by atoms with Crippen LogP contribution >= 0.6 is 11.6 Å². The fourth-order valence-electron chi connectivity index (χ4n) is 2.83. The Kier molecular flexibility index (Phi) is 8.69. The number of amides is 4. The molecule has 1 aromatic heterocycles. The highest BCUT2D eigenvalue weighted by atomic mass is 35.5. The molecule has 4 amide bonds. The first-order chi connectivity index (χ1) is 17.5. The minimum atomic E-state index is -4.66. The molecule has 13 heteroatoms. The lowest BCUT2D eigenvalue weighted by Crippen LogP contribution is -2.41. The van der Waals surface area contributed by atoms with Crippen LogP contribution in [-0.2, 0) is 11.0 Å². The second kappa shape index (κ2) is 11.9. The van der Waals surface area contributed by atoms with Gasteiger partial charge >= 0.3 is 12.2 Å². The van der Waals surface area contributed by atoms with E-state index < -0.39 is 34.6 Å². The van der Waals surface area contributed by atoms with Crippen LogP contribution in [0.4, 0.5) is 29.3 Å². The number of benzene rings is 2. The highest BCUT2D eigenvalue weighted by Crippen LogP contribution is 2.36. The average Bonchev–Trinajstić information content (AvgIpc) is 2.84. The van der Waals surface area contributed by atoms with Crippen LogP contribution in [0.3, 0.4) is 0 Å². The van der Waals surface area contributed by atoms with Gasteiger partial charge in [-0.2, -0.15) is 13.2 Å². The number of anilines is 2. The number of allylic oxidation sites excluding steroid dienone is 1. The smallest absolute Gasteiger partial charge is 0.417 e. The summed E-state index contributed by atoms with van der Waals surface area (Å²) in [5.74, 6) is -0.527. The number of nitrogens with one attached hydrogen (secondary N) is 4. The van der Waals surface area contributed by atoms with E-state index in [4.69, 9.17) is 16.3 Å². The molecule has 9 nitrogen and oxygen atoms in total. The van der Waals surface area contributed by atoms with Gasteiger partial charge in [0.25, 0.3) is 11.8 Å². The molecule has 0 aliphatic heterocycles. The van der Waals surface area contributed by atoms with Crippen LogP contribution in [0.25, 0.3) is 0 Å². The summed E-state index contributed by atoms with van der Waals surface area (Å²) in [6.45, 7) is 1.65. The molecule has 192 valence electrons. The fraction of sp³-hybridized carbons (Fsp3) is 0.0833. The maximum absolute atomic E-state index is 13.0. The number of nitrogens with zero attached hydrogens (tertiary/aromatic N) is 1. The van der Waals surface area contributed by atoms with Gasteiger partial charge in [0.1, 0.15) is 17.2 Å². The van der Waals surface area contributed by atoms with Gasteiger partial charge in [-0.05, 0) is 55.5 Å². The van der Waals surface area contributed by atoms with Crippen molar-refractivity contribution < 1.29 is 32.3 Å². The molecule has 0 aliphatic rings. The number of hydrazine groups is 1. The van der Waals surface area contributed by atoms with Gasteiger partial charge in [-0.25, -0.2) is 4.79 Å². The lowest BCUT2D eigenvalue weighted by Gasteiger charge is -2.12. The third kappa shape index (κ3) is 7.97. The Bertz CT molecular complexity index is 1330. The van der Waals surface area contributed by atoms with Crippen LogP contribution in [0, 0.1) is 0 Å². The average molecular weight is 534 g/mol. The van der Waals surface area contributed by atoms with Gasteiger partial charge < -0.3 is 15.4 Å². The van der Waals surface area contributed by atoms with E-state index in [-0.39, 0.29) is 17.1 Å². The Morgan fingerprint density at radius 3 is 2.27 bits per heavy atom. The summed E-state index contributed by atoms with van der Waals surface area (Å²) in [6.07, 6.45) is -0.577. The van der Waals surface area contributed by atoms with Crippen molar-refractivity contribution in [1.82, 2.24) is 15.8 Å². The lowest BCUT2D eigenvalue weighted by atomic mass is 10.2. The summed E-state index contributed by atoms with van der Waals surface area (Å²) in [5, 5.41) is 4.32. The van der Waals surface area contributed by atoms with Crippen molar-refractivity contribution in [3.8, 4) is 11.5 Å². The highest BCUT2D eigenvalue weighted by Gasteiger charge is 2.33. The van der Waals surface area contributed by atoms with Gasteiger partial charge in [0, 0.05) is 29.7 Å². The summed E-state index contributed by atoms with van der Waals surface area (Å²) in [6, 6.07) is 11.2. The molecule has 0 saturated heterocycles. The molecule has 0 unspecified atom stereocenters. The summed E-state index contributed by atoms with van der Waals surface area (Å²) in [7, 11) is 0. The van der Waals surface area contributed by atoms with Crippen molar-refractivity contribution in [2.45, 2.75) is 13.1 Å². The molecule has 0 spiro atoms. The summed E-state index contributed by atoms with van der Waals surface area (Å²) in [4.78, 5) is 39.7. The molecule has 0 saturated carbocycles. The predicted molar refractivity (Wildman–Crippen MR) is 130 cm³/mol.